The van der Waals surface area contributed by atoms with E-state index in [1.54, 1.807) is 17.0 Å². The van der Waals surface area contributed by atoms with Gasteiger partial charge in [-0.05, 0) is 38.0 Å². The molecule has 1 aromatic rings. The topological polar surface area (TPSA) is 46.3 Å². The van der Waals surface area contributed by atoms with Gasteiger partial charge in [0, 0.05) is 6.54 Å². The summed E-state index contributed by atoms with van der Waals surface area (Å²) in [7, 11) is 0. The molecule has 4 heteroatoms. The molecule has 0 heterocycles. The van der Waals surface area contributed by atoms with Gasteiger partial charge in [-0.25, -0.2) is 4.39 Å². The predicted octanol–water partition coefficient (Wildman–Crippen LogP) is 2.47. The van der Waals surface area contributed by atoms with E-state index in [2.05, 4.69) is 0 Å². The van der Waals surface area contributed by atoms with Crippen LogP contribution < -0.4 is 5.73 Å². The SMILES string of the molecule is CC[C@@H](N)C(=O)N(CC)C(C)c1ccc(F)cc1. The van der Waals surface area contributed by atoms with Crippen molar-refractivity contribution in [2.75, 3.05) is 6.54 Å². The molecule has 3 nitrogen and oxygen atoms in total. The molecule has 1 rings (SSSR count). The van der Waals surface area contributed by atoms with Crippen LogP contribution in [0.3, 0.4) is 0 Å². The minimum Gasteiger partial charge on any atom is -0.335 e. The maximum Gasteiger partial charge on any atom is 0.239 e. The third-order valence-electron chi connectivity index (χ3n) is 3.20. The van der Waals surface area contributed by atoms with Crippen molar-refractivity contribution in [2.45, 2.75) is 39.3 Å². The average Bonchev–Trinajstić information content (AvgIpc) is 2.39. The quantitative estimate of drug-likeness (QED) is 0.875. The van der Waals surface area contributed by atoms with Crippen LogP contribution in [0.15, 0.2) is 24.3 Å². The van der Waals surface area contributed by atoms with Crippen molar-refractivity contribution in [1.29, 1.82) is 0 Å². The minimum atomic E-state index is -0.465. The molecule has 0 spiro atoms. The van der Waals surface area contributed by atoms with Gasteiger partial charge in [0.1, 0.15) is 5.82 Å². The molecule has 2 atom stereocenters. The number of likely N-dealkylation sites (N-methyl/N-ethyl adjacent to an activating group) is 1. The van der Waals surface area contributed by atoms with Crippen LogP contribution in [0.1, 0.15) is 38.8 Å². The Labute approximate surface area is 108 Å². The molecular weight excluding hydrogens is 231 g/mol. The molecule has 0 saturated carbocycles. The third-order valence-corrected chi connectivity index (χ3v) is 3.20. The lowest BCUT2D eigenvalue weighted by atomic mass is 10.1. The molecule has 2 N–H and O–H groups in total. The monoisotopic (exact) mass is 252 g/mol. The molecule has 1 unspecified atom stereocenters. The molecule has 0 aromatic heterocycles. The lowest BCUT2D eigenvalue weighted by molar-refractivity contribution is -0.134. The van der Waals surface area contributed by atoms with Gasteiger partial charge in [-0.1, -0.05) is 19.1 Å². The number of rotatable bonds is 5. The van der Waals surface area contributed by atoms with Gasteiger partial charge >= 0.3 is 0 Å². The van der Waals surface area contributed by atoms with Gasteiger partial charge in [-0.3, -0.25) is 4.79 Å². The lowest BCUT2D eigenvalue weighted by Crippen LogP contribution is -2.44. The second-order valence-corrected chi connectivity index (χ2v) is 4.37. The van der Waals surface area contributed by atoms with E-state index in [4.69, 9.17) is 5.73 Å². The highest BCUT2D eigenvalue weighted by atomic mass is 19.1. The zero-order chi connectivity index (χ0) is 13.7. The summed E-state index contributed by atoms with van der Waals surface area (Å²) < 4.78 is 12.9. The Morgan fingerprint density at radius 1 is 1.33 bits per heavy atom. The summed E-state index contributed by atoms with van der Waals surface area (Å²) in [5.74, 6) is -0.331. The Hall–Kier alpha value is -1.42. The fourth-order valence-corrected chi connectivity index (χ4v) is 1.93. The van der Waals surface area contributed by atoms with Crippen molar-refractivity contribution < 1.29 is 9.18 Å². The smallest absolute Gasteiger partial charge is 0.239 e. The van der Waals surface area contributed by atoms with Gasteiger partial charge in [0.2, 0.25) is 5.91 Å². The van der Waals surface area contributed by atoms with Crippen molar-refractivity contribution in [3.05, 3.63) is 35.6 Å². The number of halogens is 1. The molecule has 0 radical (unpaired) electrons. The maximum atomic E-state index is 12.9. The summed E-state index contributed by atoms with van der Waals surface area (Å²) in [5, 5.41) is 0. The number of nitrogens with zero attached hydrogens (tertiary/aromatic N) is 1. The first-order valence-electron chi connectivity index (χ1n) is 6.32. The average molecular weight is 252 g/mol. The Morgan fingerprint density at radius 3 is 2.33 bits per heavy atom. The highest BCUT2D eigenvalue weighted by molar-refractivity contribution is 5.82. The molecule has 100 valence electrons. The molecule has 0 aliphatic heterocycles. The molecule has 0 aliphatic rings. The van der Waals surface area contributed by atoms with Crippen LogP contribution >= 0.6 is 0 Å². The second kappa shape index (κ2) is 6.50. The number of carbonyl (C=O) groups excluding carboxylic acids is 1. The first-order chi connectivity index (χ1) is 8.51. The van der Waals surface area contributed by atoms with Gasteiger partial charge in [-0.2, -0.15) is 0 Å². The van der Waals surface area contributed by atoms with Gasteiger partial charge in [0.15, 0.2) is 0 Å². The van der Waals surface area contributed by atoms with E-state index in [1.807, 2.05) is 20.8 Å². The first kappa shape index (κ1) is 14.6. The number of amides is 1. The molecule has 1 aromatic carbocycles. The van der Waals surface area contributed by atoms with Gasteiger partial charge in [-0.15, -0.1) is 0 Å². The highest BCUT2D eigenvalue weighted by Crippen LogP contribution is 2.21. The standard InChI is InChI=1S/C14H21FN2O/c1-4-13(16)14(18)17(5-2)10(3)11-6-8-12(15)9-7-11/h6-10,13H,4-5,16H2,1-3H3/t10?,13-/m1/s1. The number of benzene rings is 1. The summed E-state index contributed by atoms with van der Waals surface area (Å²) in [6, 6.07) is 5.66. The molecule has 0 fully saturated rings. The molecule has 0 bridgehead atoms. The van der Waals surface area contributed by atoms with Crippen LogP contribution in [0.2, 0.25) is 0 Å². The van der Waals surface area contributed by atoms with Crippen molar-refractivity contribution in [2.24, 2.45) is 5.73 Å². The Morgan fingerprint density at radius 2 is 1.89 bits per heavy atom. The summed E-state index contributed by atoms with van der Waals surface area (Å²) in [6.07, 6.45) is 0.617. The summed E-state index contributed by atoms with van der Waals surface area (Å²) >= 11 is 0. The third kappa shape index (κ3) is 3.29. The number of hydrogen-bond donors (Lipinski definition) is 1. The lowest BCUT2D eigenvalue weighted by Gasteiger charge is -2.30. The van der Waals surface area contributed by atoms with Crippen molar-refractivity contribution in [3.63, 3.8) is 0 Å². The Bertz CT molecular complexity index is 391. The first-order valence-corrected chi connectivity index (χ1v) is 6.32. The van der Waals surface area contributed by atoms with Crippen molar-refractivity contribution in [3.8, 4) is 0 Å². The van der Waals surface area contributed by atoms with E-state index in [0.717, 1.165) is 5.56 Å². The van der Waals surface area contributed by atoms with Gasteiger partial charge in [0.25, 0.3) is 0 Å². The molecule has 18 heavy (non-hydrogen) atoms. The van der Waals surface area contributed by atoms with Gasteiger partial charge in [0.05, 0.1) is 12.1 Å². The normalized spacial score (nSPS) is 14.1. The number of hydrogen-bond acceptors (Lipinski definition) is 2. The fourth-order valence-electron chi connectivity index (χ4n) is 1.93. The van der Waals surface area contributed by atoms with Crippen LogP contribution in [-0.2, 0) is 4.79 Å². The maximum absolute atomic E-state index is 12.9. The van der Waals surface area contributed by atoms with E-state index in [1.165, 1.54) is 12.1 Å². The van der Waals surface area contributed by atoms with Crippen LogP contribution in [0.4, 0.5) is 4.39 Å². The summed E-state index contributed by atoms with van der Waals surface area (Å²) in [4.78, 5) is 13.8. The second-order valence-electron chi connectivity index (χ2n) is 4.37. The Kier molecular flexibility index (Phi) is 5.28. The van der Waals surface area contributed by atoms with Crippen LogP contribution in [0, 0.1) is 5.82 Å². The zero-order valence-corrected chi connectivity index (χ0v) is 11.2. The fraction of sp³-hybridized carbons (Fsp3) is 0.500. The minimum absolute atomic E-state index is 0.0585. The predicted molar refractivity (Wildman–Crippen MR) is 70.5 cm³/mol. The summed E-state index contributed by atoms with van der Waals surface area (Å²) in [6.45, 7) is 6.32. The van der Waals surface area contributed by atoms with Crippen LogP contribution in [-0.4, -0.2) is 23.4 Å². The van der Waals surface area contributed by atoms with E-state index in [-0.39, 0.29) is 17.8 Å². The number of nitrogens with two attached hydrogens (primary N) is 1. The molecule has 0 aliphatic carbocycles. The Balaban J connectivity index is 2.88. The van der Waals surface area contributed by atoms with Crippen molar-refractivity contribution in [1.82, 2.24) is 4.90 Å². The molecule has 0 saturated heterocycles. The van der Waals surface area contributed by atoms with E-state index in [0.29, 0.717) is 13.0 Å². The summed E-state index contributed by atoms with van der Waals surface area (Å²) in [5.41, 5.74) is 6.69. The van der Waals surface area contributed by atoms with E-state index >= 15 is 0 Å². The highest BCUT2D eigenvalue weighted by Gasteiger charge is 2.23. The molecule has 1 amide bonds. The van der Waals surface area contributed by atoms with Crippen LogP contribution in [0.5, 0.6) is 0 Å². The zero-order valence-electron chi connectivity index (χ0n) is 11.2. The number of carbonyl (C=O) groups is 1. The van der Waals surface area contributed by atoms with Crippen LogP contribution in [0.25, 0.3) is 0 Å². The molecular formula is C14H21FN2O. The van der Waals surface area contributed by atoms with E-state index in [9.17, 15) is 9.18 Å². The van der Waals surface area contributed by atoms with E-state index < -0.39 is 6.04 Å². The van der Waals surface area contributed by atoms with Crippen molar-refractivity contribution >= 4 is 5.91 Å². The largest absolute Gasteiger partial charge is 0.335 e. The van der Waals surface area contributed by atoms with Gasteiger partial charge < -0.3 is 10.6 Å².